The maximum Gasteiger partial charge on any atom is 0.354 e. The molecule has 0 fully saturated rings. The normalized spacial score (nSPS) is 10.9. The number of aromatic nitrogens is 3. The van der Waals surface area contributed by atoms with Crippen LogP contribution in [0.1, 0.15) is 16.1 Å². The number of fused-ring (bicyclic) bond motifs is 1. The molecule has 2 aromatic heterocycles. The zero-order chi connectivity index (χ0) is 12.7. The highest BCUT2D eigenvalue weighted by molar-refractivity contribution is 6.02. The van der Waals surface area contributed by atoms with Crippen molar-refractivity contribution in [2.24, 2.45) is 0 Å². The van der Waals surface area contributed by atoms with E-state index in [0.29, 0.717) is 5.69 Å². The van der Waals surface area contributed by atoms with Gasteiger partial charge in [-0.05, 0) is 18.6 Å². The predicted molar refractivity (Wildman–Crippen MR) is 67.6 cm³/mol. The van der Waals surface area contributed by atoms with Crippen molar-refractivity contribution in [1.82, 2.24) is 15.0 Å². The minimum atomic E-state index is -1.01. The first-order valence-corrected chi connectivity index (χ1v) is 5.52. The van der Waals surface area contributed by atoms with Crippen LogP contribution in [0.25, 0.3) is 22.2 Å². The van der Waals surface area contributed by atoms with E-state index in [1.54, 1.807) is 6.20 Å². The Kier molecular flexibility index (Phi) is 2.19. The summed E-state index contributed by atoms with van der Waals surface area (Å²) in [5.74, 6) is -1.01. The fourth-order valence-corrected chi connectivity index (χ4v) is 2.22. The van der Waals surface area contributed by atoms with Gasteiger partial charge in [0.15, 0.2) is 5.69 Å². The van der Waals surface area contributed by atoms with E-state index in [-0.39, 0.29) is 5.69 Å². The van der Waals surface area contributed by atoms with Crippen LogP contribution < -0.4 is 0 Å². The van der Waals surface area contributed by atoms with Crippen LogP contribution in [0.15, 0.2) is 30.7 Å². The second-order valence-corrected chi connectivity index (χ2v) is 4.13. The van der Waals surface area contributed by atoms with Gasteiger partial charge >= 0.3 is 5.97 Å². The van der Waals surface area contributed by atoms with Gasteiger partial charge in [-0.25, -0.2) is 9.78 Å². The number of rotatable bonds is 2. The molecule has 5 heteroatoms. The molecule has 0 saturated heterocycles. The highest BCUT2D eigenvalue weighted by atomic mass is 16.4. The Morgan fingerprint density at radius 1 is 1.33 bits per heavy atom. The molecule has 5 nitrogen and oxygen atoms in total. The first-order chi connectivity index (χ1) is 8.68. The number of hydrogen-bond acceptors (Lipinski definition) is 2. The van der Waals surface area contributed by atoms with Crippen LogP contribution in [0.4, 0.5) is 0 Å². The molecule has 0 radical (unpaired) electrons. The molecular weight excluding hydrogens is 230 g/mol. The average molecular weight is 241 g/mol. The number of imidazole rings is 1. The largest absolute Gasteiger partial charge is 0.477 e. The van der Waals surface area contributed by atoms with Crippen molar-refractivity contribution in [3.63, 3.8) is 0 Å². The number of nitrogens with one attached hydrogen (secondary N) is 2. The van der Waals surface area contributed by atoms with Gasteiger partial charge in [0.2, 0.25) is 0 Å². The SMILES string of the molecule is Cc1cccc2[nH]cc(-c3nc[nH]c3C(=O)O)c12. The maximum atomic E-state index is 11.1. The molecule has 0 aliphatic carbocycles. The quantitative estimate of drug-likeness (QED) is 0.644. The van der Waals surface area contributed by atoms with Gasteiger partial charge in [0, 0.05) is 22.7 Å². The van der Waals surface area contributed by atoms with E-state index in [0.717, 1.165) is 22.0 Å². The van der Waals surface area contributed by atoms with Crippen molar-refractivity contribution in [2.45, 2.75) is 6.92 Å². The molecule has 0 bridgehead atoms. The summed E-state index contributed by atoms with van der Waals surface area (Å²) >= 11 is 0. The number of aromatic amines is 2. The van der Waals surface area contributed by atoms with Crippen molar-refractivity contribution < 1.29 is 9.90 Å². The van der Waals surface area contributed by atoms with Crippen molar-refractivity contribution in [1.29, 1.82) is 0 Å². The smallest absolute Gasteiger partial charge is 0.354 e. The summed E-state index contributed by atoms with van der Waals surface area (Å²) in [5.41, 5.74) is 3.44. The average Bonchev–Trinajstić information content (AvgIpc) is 2.94. The third-order valence-corrected chi connectivity index (χ3v) is 3.02. The molecule has 1 aromatic carbocycles. The first-order valence-electron chi connectivity index (χ1n) is 5.52. The van der Waals surface area contributed by atoms with Crippen LogP contribution in [-0.2, 0) is 0 Å². The molecule has 0 atom stereocenters. The summed E-state index contributed by atoms with van der Waals surface area (Å²) in [7, 11) is 0. The molecule has 0 aliphatic heterocycles. The molecule has 3 rings (SSSR count). The number of H-pyrrole nitrogens is 2. The predicted octanol–water partition coefficient (Wildman–Crippen LogP) is 2.56. The fourth-order valence-electron chi connectivity index (χ4n) is 2.22. The topological polar surface area (TPSA) is 81.8 Å². The molecule has 18 heavy (non-hydrogen) atoms. The number of aromatic carboxylic acids is 1. The van der Waals surface area contributed by atoms with Crippen LogP contribution in [0, 0.1) is 6.92 Å². The van der Waals surface area contributed by atoms with Crippen LogP contribution in [0.2, 0.25) is 0 Å². The van der Waals surface area contributed by atoms with Gasteiger partial charge in [0.25, 0.3) is 0 Å². The lowest BCUT2D eigenvalue weighted by molar-refractivity contribution is 0.0692. The summed E-state index contributed by atoms with van der Waals surface area (Å²) in [6.45, 7) is 1.99. The molecule has 0 aliphatic rings. The third-order valence-electron chi connectivity index (χ3n) is 3.02. The molecule has 0 amide bonds. The summed E-state index contributed by atoms with van der Waals surface area (Å²) in [6, 6.07) is 5.91. The van der Waals surface area contributed by atoms with E-state index in [9.17, 15) is 4.79 Å². The van der Waals surface area contributed by atoms with Gasteiger partial charge < -0.3 is 15.1 Å². The van der Waals surface area contributed by atoms with Crippen molar-refractivity contribution in [2.75, 3.05) is 0 Å². The van der Waals surface area contributed by atoms with Gasteiger partial charge in [-0.1, -0.05) is 12.1 Å². The number of carboxylic acid groups (broad SMARTS) is 1. The van der Waals surface area contributed by atoms with E-state index >= 15 is 0 Å². The van der Waals surface area contributed by atoms with Crippen LogP contribution >= 0.6 is 0 Å². The third kappa shape index (κ3) is 1.41. The lowest BCUT2D eigenvalue weighted by Gasteiger charge is -2.00. The van der Waals surface area contributed by atoms with Crippen LogP contribution in [0.3, 0.4) is 0 Å². The number of carboxylic acids is 1. The monoisotopic (exact) mass is 241 g/mol. The van der Waals surface area contributed by atoms with E-state index in [1.807, 2.05) is 25.1 Å². The molecule has 90 valence electrons. The fraction of sp³-hybridized carbons (Fsp3) is 0.0769. The Labute approximate surface area is 102 Å². The van der Waals surface area contributed by atoms with E-state index in [2.05, 4.69) is 15.0 Å². The molecule has 2 heterocycles. The summed E-state index contributed by atoms with van der Waals surface area (Å²) in [4.78, 5) is 21.0. The van der Waals surface area contributed by atoms with Gasteiger partial charge in [-0.15, -0.1) is 0 Å². The number of aryl methyl sites for hydroxylation is 1. The Bertz CT molecular complexity index is 740. The van der Waals surface area contributed by atoms with Gasteiger partial charge in [0.1, 0.15) is 5.69 Å². The molecular formula is C13H11N3O2. The second-order valence-electron chi connectivity index (χ2n) is 4.13. The lowest BCUT2D eigenvalue weighted by atomic mass is 10.0. The van der Waals surface area contributed by atoms with E-state index in [4.69, 9.17) is 5.11 Å². The van der Waals surface area contributed by atoms with Crippen molar-refractivity contribution in [3.05, 3.63) is 42.0 Å². The molecule has 3 N–H and O–H groups in total. The van der Waals surface area contributed by atoms with Gasteiger partial charge in [-0.3, -0.25) is 0 Å². The maximum absolute atomic E-state index is 11.1. The molecule has 0 saturated carbocycles. The summed E-state index contributed by atoms with van der Waals surface area (Å²) in [5, 5.41) is 10.1. The Hall–Kier alpha value is -2.56. The molecule has 3 aromatic rings. The zero-order valence-corrected chi connectivity index (χ0v) is 9.69. The second kappa shape index (κ2) is 3.73. The molecule has 0 spiro atoms. The van der Waals surface area contributed by atoms with Crippen LogP contribution in [-0.4, -0.2) is 26.0 Å². The number of nitrogens with zero attached hydrogens (tertiary/aromatic N) is 1. The van der Waals surface area contributed by atoms with Crippen molar-refractivity contribution >= 4 is 16.9 Å². The summed E-state index contributed by atoms with van der Waals surface area (Å²) in [6.07, 6.45) is 3.19. The standard InChI is InChI=1S/C13H11N3O2/c1-7-3-2-4-9-10(7)8(5-14-9)11-12(13(17)18)16-6-15-11/h2-6,14H,1H3,(H,15,16)(H,17,18). The highest BCUT2D eigenvalue weighted by Gasteiger charge is 2.18. The van der Waals surface area contributed by atoms with Gasteiger partial charge in [-0.2, -0.15) is 0 Å². The Morgan fingerprint density at radius 2 is 2.17 bits per heavy atom. The highest BCUT2D eigenvalue weighted by Crippen LogP contribution is 2.31. The molecule has 0 unspecified atom stereocenters. The van der Waals surface area contributed by atoms with Gasteiger partial charge in [0.05, 0.1) is 6.33 Å². The summed E-state index contributed by atoms with van der Waals surface area (Å²) < 4.78 is 0. The Morgan fingerprint density at radius 3 is 2.94 bits per heavy atom. The number of carbonyl (C=O) groups is 1. The van der Waals surface area contributed by atoms with Crippen LogP contribution in [0.5, 0.6) is 0 Å². The minimum absolute atomic E-state index is 0.110. The lowest BCUT2D eigenvalue weighted by Crippen LogP contribution is -1.98. The first kappa shape index (κ1) is 10.6. The number of benzene rings is 1. The number of hydrogen-bond donors (Lipinski definition) is 3. The zero-order valence-electron chi connectivity index (χ0n) is 9.69. The van der Waals surface area contributed by atoms with E-state index in [1.165, 1.54) is 6.33 Å². The van der Waals surface area contributed by atoms with E-state index < -0.39 is 5.97 Å². The minimum Gasteiger partial charge on any atom is -0.477 e. The Balaban J connectivity index is 2.32. The van der Waals surface area contributed by atoms with Crippen molar-refractivity contribution in [3.8, 4) is 11.3 Å².